The summed E-state index contributed by atoms with van der Waals surface area (Å²) in [6.45, 7) is 0. The van der Waals surface area contributed by atoms with Crippen molar-refractivity contribution < 1.29 is 27.5 Å². The highest BCUT2D eigenvalue weighted by Crippen LogP contribution is 2.29. The van der Waals surface area contributed by atoms with E-state index < -0.39 is 29.6 Å². The Bertz CT molecular complexity index is 789. The smallest absolute Gasteiger partial charge is 0.416 e. The van der Waals surface area contributed by atoms with E-state index in [0.29, 0.717) is 11.3 Å². The van der Waals surface area contributed by atoms with E-state index in [1.807, 2.05) is 0 Å². The molecule has 138 valence electrons. The number of ether oxygens (including phenoxy) is 1. The van der Waals surface area contributed by atoms with Crippen LogP contribution in [0.4, 0.5) is 13.2 Å². The molecule has 3 N–H and O–H groups in total. The minimum absolute atomic E-state index is 0.00993. The van der Waals surface area contributed by atoms with Gasteiger partial charge in [-0.15, -0.1) is 0 Å². The van der Waals surface area contributed by atoms with Gasteiger partial charge in [-0.25, -0.2) is 0 Å². The Labute approximate surface area is 148 Å². The van der Waals surface area contributed by atoms with Crippen LogP contribution < -0.4 is 15.8 Å². The number of primary amides is 1. The molecular weight excluding hydrogens is 349 g/mol. The maximum absolute atomic E-state index is 12.6. The maximum Gasteiger partial charge on any atom is 0.416 e. The van der Waals surface area contributed by atoms with Gasteiger partial charge in [0.2, 0.25) is 5.91 Å². The second-order valence-electron chi connectivity index (χ2n) is 5.52. The van der Waals surface area contributed by atoms with Crippen LogP contribution >= 0.6 is 0 Å². The number of carbonyl (C=O) groups is 2. The van der Waals surface area contributed by atoms with Crippen molar-refractivity contribution in [2.75, 3.05) is 7.11 Å². The first kappa shape index (κ1) is 19.3. The second kappa shape index (κ2) is 7.90. The lowest BCUT2D eigenvalue weighted by molar-refractivity contribution is -0.137. The molecule has 0 aromatic heterocycles. The number of alkyl halides is 3. The normalized spacial score (nSPS) is 12.3. The number of hydrogen-bond acceptors (Lipinski definition) is 3. The first-order chi connectivity index (χ1) is 12.2. The summed E-state index contributed by atoms with van der Waals surface area (Å²) in [6.07, 6.45) is -4.40. The van der Waals surface area contributed by atoms with E-state index in [-0.39, 0.29) is 12.0 Å². The van der Waals surface area contributed by atoms with Crippen LogP contribution in [0.5, 0.6) is 5.75 Å². The lowest BCUT2D eigenvalue weighted by atomic mass is 10.0. The maximum atomic E-state index is 12.6. The van der Waals surface area contributed by atoms with E-state index in [1.165, 1.54) is 7.11 Å². The van der Waals surface area contributed by atoms with Crippen molar-refractivity contribution in [2.45, 2.75) is 18.6 Å². The van der Waals surface area contributed by atoms with Gasteiger partial charge in [0.15, 0.2) is 0 Å². The number of halogens is 3. The molecule has 0 aliphatic rings. The van der Waals surface area contributed by atoms with Crippen LogP contribution in [0.2, 0.25) is 0 Å². The van der Waals surface area contributed by atoms with Gasteiger partial charge in [0.25, 0.3) is 5.91 Å². The molecule has 0 saturated heterocycles. The average molecular weight is 366 g/mol. The molecule has 2 rings (SSSR count). The molecule has 0 heterocycles. The van der Waals surface area contributed by atoms with Gasteiger partial charge in [-0.3, -0.25) is 9.59 Å². The van der Waals surface area contributed by atoms with Crippen molar-refractivity contribution in [3.05, 3.63) is 65.2 Å². The Hall–Kier alpha value is -3.03. The second-order valence-corrected chi connectivity index (χ2v) is 5.52. The molecule has 0 saturated carbocycles. The van der Waals surface area contributed by atoms with Crippen molar-refractivity contribution in [1.82, 2.24) is 5.32 Å². The monoisotopic (exact) mass is 366 g/mol. The number of nitrogens with one attached hydrogen (secondary N) is 1. The molecule has 0 fully saturated rings. The summed E-state index contributed by atoms with van der Waals surface area (Å²) in [4.78, 5) is 23.9. The van der Waals surface area contributed by atoms with E-state index in [2.05, 4.69) is 5.32 Å². The minimum atomic E-state index is -4.49. The van der Waals surface area contributed by atoms with Crippen molar-refractivity contribution in [3.8, 4) is 5.75 Å². The van der Waals surface area contributed by atoms with Crippen LogP contribution in [-0.4, -0.2) is 25.0 Å². The average Bonchev–Trinajstić information content (AvgIpc) is 2.60. The largest absolute Gasteiger partial charge is 0.496 e. The molecule has 0 spiro atoms. The van der Waals surface area contributed by atoms with Gasteiger partial charge in [0.1, 0.15) is 11.8 Å². The fourth-order valence-electron chi connectivity index (χ4n) is 2.37. The zero-order valence-corrected chi connectivity index (χ0v) is 13.8. The van der Waals surface area contributed by atoms with Crippen LogP contribution in [0, 0.1) is 0 Å². The van der Waals surface area contributed by atoms with Crippen LogP contribution in [-0.2, 0) is 17.4 Å². The van der Waals surface area contributed by atoms with Crippen LogP contribution in [0.1, 0.15) is 21.5 Å². The molecule has 5 nitrogen and oxygen atoms in total. The number of hydrogen-bond donors (Lipinski definition) is 2. The Balaban J connectivity index is 2.14. The highest BCUT2D eigenvalue weighted by molar-refractivity contribution is 5.97. The number of para-hydroxylation sites is 1. The molecule has 0 aliphatic carbocycles. The van der Waals surface area contributed by atoms with Gasteiger partial charge in [-0.1, -0.05) is 18.2 Å². The van der Waals surface area contributed by atoms with E-state index in [0.717, 1.165) is 24.3 Å². The zero-order valence-electron chi connectivity index (χ0n) is 13.8. The molecule has 2 aromatic carbocycles. The summed E-state index contributed by atoms with van der Waals surface area (Å²) in [5, 5.41) is 2.44. The predicted octanol–water partition coefficient (Wildman–Crippen LogP) is 2.54. The SMILES string of the molecule is COc1ccccc1C[C@H](NC(=O)c1ccc(C(F)(F)F)cc1)C(N)=O. The van der Waals surface area contributed by atoms with Gasteiger partial charge >= 0.3 is 6.18 Å². The summed E-state index contributed by atoms with van der Waals surface area (Å²) in [7, 11) is 1.47. The molecule has 8 heteroatoms. The Morgan fingerprint density at radius 3 is 2.27 bits per heavy atom. The fourth-order valence-corrected chi connectivity index (χ4v) is 2.37. The Morgan fingerprint density at radius 2 is 1.73 bits per heavy atom. The van der Waals surface area contributed by atoms with Gasteiger partial charge in [-0.05, 0) is 35.9 Å². The molecule has 2 amide bonds. The number of methoxy groups -OCH3 is 1. The Morgan fingerprint density at radius 1 is 1.12 bits per heavy atom. The number of carbonyl (C=O) groups excluding carboxylic acids is 2. The lowest BCUT2D eigenvalue weighted by Crippen LogP contribution is -2.45. The van der Waals surface area contributed by atoms with Crippen LogP contribution in [0.25, 0.3) is 0 Å². The first-order valence-electron chi connectivity index (χ1n) is 7.61. The molecule has 1 atom stereocenters. The number of nitrogens with two attached hydrogens (primary N) is 1. The molecule has 0 radical (unpaired) electrons. The summed E-state index contributed by atoms with van der Waals surface area (Å²) in [5.41, 5.74) is 5.12. The summed E-state index contributed by atoms with van der Waals surface area (Å²) in [5.74, 6) is -0.934. The molecule has 0 unspecified atom stereocenters. The predicted molar refractivity (Wildman–Crippen MR) is 88.6 cm³/mol. The quantitative estimate of drug-likeness (QED) is 0.824. The summed E-state index contributed by atoms with van der Waals surface area (Å²) in [6, 6.07) is 9.56. The van der Waals surface area contributed by atoms with Crippen LogP contribution in [0.3, 0.4) is 0 Å². The number of rotatable bonds is 6. The number of benzene rings is 2. The van der Waals surface area contributed by atoms with Gasteiger partial charge < -0.3 is 15.8 Å². The molecular formula is C18H17F3N2O3. The van der Waals surface area contributed by atoms with Gasteiger partial charge in [-0.2, -0.15) is 13.2 Å². The van der Waals surface area contributed by atoms with E-state index in [1.54, 1.807) is 24.3 Å². The van der Waals surface area contributed by atoms with Crippen molar-refractivity contribution >= 4 is 11.8 Å². The van der Waals surface area contributed by atoms with E-state index >= 15 is 0 Å². The van der Waals surface area contributed by atoms with E-state index in [9.17, 15) is 22.8 Å². The lowest BCUT2D eigenvalue weighted by Gasteiger charge is -2.17. The minimum Gasteiger partial charge on any atom is -0.496 e. The van der Waals surface area contributed by atoms with Crippen molar-refractivity contribution in [2.24, 2.45) is 5.73 Å². The number of amides is 2. The standard InChI is InChI=1S/C18H17F3N2O3/c1-26-15-5-3-2-4-12(15)10-14(16(22)24)23-17(25)11-6-8-13(9-7-11)18(19,20)21/h2-9,14H,10H2,1H3,(H2,22,24)(H,23,25)/t14-/m0/s1. The first-order valence-corrected chi connectivity index (χ1v) is 7.61. The molecule has 0 bridgehead atoms. The molecule has 2 aromatic rings. The highest BCUT2D eigenvalue weighted by atomic mass is 19.4. The van der Waals surface area contributed by atoms with Gasteiger partial charge in [0.05, 0.1) is 12.7 Å². The van der Waals surface area contributed by atoms with Crippen LogP contribution in [0.15, 0.2) is 48.5 Å². The highest BCUT2D eigenvalue weighted by Gasteiger charge is 2.30. The fraction of sp³-hybridized carbons (Fsp3) is 0.222. The third kappa shape index (κ3) is 4.75. The summed E-state index contributed by atoms with van der Waals surface area (Å²) >= 11 is 0. The summed E-state index contributed by atoms with van der Waals surface area (Å²) < 4.78 is 42.9. The third-order valence-electron chi connectivity index (χ3n) is 3.74. The topological polar surface area (TPSA) is 81.4 Å². The third-order valence-corrected chi connectivity index (χ3v) is 3.74. The van der Waals surface area contributed by atoms with Crippen molar-refractivity contribution in [3.63, 3.8) is 0 Å². The Kier molecular flexibility index (Phi) is 5.86. The van der Waals surface area contributed by atoms with Crippen molar-refractivity contribution in [1.29, 1.82) is 0 Å². The zero-order chi connectivity index (χ0) is 19.3. The molecule has 26 heavy (non-hydrogen) atoms. The van der Waals surface area contributed by atoms with E-state index in [4.69, 9.17) is 10.5 Å². The molecule has 0 aliphatic heterocycles. The van der Waals surface area contributed by atoms with Gasteiger partial charge in [0, 0.05) is 12.0 Å².